The lowest BCUT2D eigenvalue weighted by Gasteiger charge is -2.08. The van der Waals surface area contributed by atoms with Crippen LogP contribution in [0.25, 0.3) is 11.3 Å². The monoisotopic (exact) mass is 277 g/mol. The van der Waals surface area contributed by atoms with Crippen molar-refractivity contribution >= 4 is 11.8 Å². The Bertz CT molecular complexity index is 713. The van der Waals surface area contributed by atoms with E-state index in [4.69, 9.17) is 5.73 Å². The molecule has 21 heavy (non-hydrogen) atoms. The molecule has 3 N–H and O–H groups in total. The van der Waals surface area contributed by atoms with Crippen LogP contribution < -0.4 is 11.1 Å². The Balaban J connectivity index is 1.82. The highest BCUT2D eigenvalue weighted by Gasteiger charge is 2.04. The Hall–Kier alpha value is -2.95. The van der Waals surface area contributed by atoms with Gasteiger partial charge in [-0.15, -0.1) is 0 Å². The number of hydrogen-bond acceptors (Lipinski definition) is 5. The van der Waals surface area contributed by atoms with Gasteiger partial charge < -0.3 is 11.1 Å². The number of nitrogens with two attached hydrogens (primary N) is 1. The van der Waals surface area contributed by atoms with Gasteiger partial charge in [0.15, 0.2) is 0 Å². The lowest BCUT2D eigenvalue weighted by molar-refractivity contribution is 1.07. The van der Waals surface area contributed by atoms with Crippen molar-refractivity contribution in [2.24, 2.45) is 0 Å². The van der Waals surface area contributed by atoms with E-state index < -0.39 is 0 Å². The minimum Gasteiger partial charge on any atom is -0.368 e. The topological polar surface area (TPSA) is 76.7 Å². The smallest absolute Gasteiger partial charge is 0.222 e. The van der Waals surface area contributed by atoms with Gasteiger partial charge in [-0.3, -0.25) is 4.98 Å². The molecule has 0 spiro atoms. The van der Waals surface area contributed by atoms with E-state index in [0.29, 0.717) is 12.4 Å². The summed E-state index contributed by atoms with van der Waals surface area (Å²) in [6, 6.07) is 15.7. The van der Waals surface area contributed by atoms with Crippen molar-refractivity contribution in [2.75, 3.05) is 11.1 Å². The molecule has 5 nitrogen and oxygen atoms in total. The van der Waals surface area contributed by atoms with Crippen molar-refractivity contribution in [3.05, 3.63) is 66.5 Å². The fourth-order valence-electron chi connectivity index (χ4n) is 2.01. The van der Waals surface area contributed by atoms with Gasteiger partial charge >= 0.3 is 0 Å². The van der Waals surface area contributed by atoms with E-state index in [1.165, 1.54) is 0 Å². The van der Waals surface area contributed by atoms with Crippen LogP contribution in [-0.4, -0.2) is 15.0 Å². The van der Waals surface area contributed by atoms with Crippen molar-refractivity contribution in [3.8, 4) is 11.3 Å². The summed E-state index contributed by atoms with van der Waals surface area (Å²) in [4.78, 5) is 12.6. The number of anilines is 2. The SMILES string of the molecule is Nc1nc(NCc2cccnc2)cc(-c2ccccc2)n1. The summed E-state index contributed by atoms with van der Waals surface area (Å²) in [6.45, 7) is 0.637. The molecule has 0 saturated heterocycles. The fourth-order valence-corrected chi connectivity index (χ4v) is 2.01. The molecule has 1 aromatic carbocycles. The standard InChI is InChI=1S/C16H15N5/c17-16-20-14(13-6-2-1-3-7-13)9-15(21-16)19-11-12-5-4-8-18-10-12/h1-10H,11H2,(H3,17,19,20,21). The van der Waals surface area contributed by atoms with E-state index in [2.05, 4.69) is 20.3 Å². The van der Waals surface area contributed by atoms with Gasteiger partial charge in [-0.2, -0.15) is 4.98 Å². The van der Waals surface area contributed by atoms with Crippen LogP contribution >= 0.6 is 0 Å². The molecule has 0 radical (unpaired) electrons. The predicted molar refractivity (Wildman–Crippen MR) is 83.4 cm³/mol. The van der Waals surface area contributed by atoms with Gasteiger partial charge in [0, 0.05) is 30.6 Å². The Labute approximate surface area is 122 Å². The van der Waals surface area contributed by atoms with Gasteiger partial charge in [-0.1, -0.05) is 36.4 Å². The zero-order valence-corrected chi connectivity index (χ0v) is 11.4. The largest absolute Gasteiger partial charge is 0.368 e. The lowest BCUT2D eigenvalue weighted by Crippen LogP contribution is -2.05. The van der Waals surface area contributed by atoms with Crippen LogP contribution in [0.2, 0.25) is 0 Å². The highest BCUT2D eigenvalue weighted by atomic mass is 15.1. The zero-order valence-electron chi connectivity index (χ0n) is 11.4. The molecule has 0 unspecified atom stereocenters. The molecular formula is C16H15N5. The molecule has 0 atom stereocenters. The first-order valence-corrected chi connectivity index (χ1v) is 6.64. The Morgan fingerprint density at radius 1 is 1.00 bits per heavy atom. The molecule has 2 heterocycles. The summed E-state index contributed by atoms with van der Waals surface area (Å²) in [6.07, 6.45) is 3.56. The highest BCUT2D eigenvalue weighted by Crippen LogP contribution is 2.20. The van der Waals surface area contributed by atoms with E-state index in [-0.39, 0.29) is 5.95 Å². The van der Waals surface area contributed by atoms with Gasteiger partial charge in [0.2, 0.25) is 5.95 Å². The van der Waals surface area contributed by atoms with Gasteiger partial charge in [-0.05, 0) is 11.6 Å². The van der Waals surface area contributed by atoms with Crippen molar-refractivity contribution < 1.29 is 0 Å². The highest BCUT2D eigenvalue weighted by molar-refractivity contribution is 5.63. The molecule has 5 heteroatoms. The van der Waals surface area contributed by atoms with Crippen molar-refractivity contribution in [1.82, 2.24) is 15.0 Å². The predicted octanol–water partition coefficient (Wildman–Crippen LogP) is 2.73. The summed E-state index contributed by atoms with van der Waals surface area (Å²) in [5.74, 6) is 0.954. The third-order valence-corrected chi connectivity index (χ3v) is 3.01. The molecule has 0 aliphatic heterocycles. The maximum absolute atomic E-state index is 5.79. The molecule has 3 aromatic rings. The molecule has 0 saturated carbocycles. The number of rotatable bonds is 4. The summed E-state index contributed by atoms with van der Waals surface area (Å²) in [5.41, 5.74) is 8.68. The first-order chi connectivity index (χ1) is 10.3. The quantitative estimate of drug-likeness (QED) is 0.766. The Morgan fingerprint density at radius 2 is 1.86 bits per heavy atom. The average molecular weight is 277 g/mol. The van der Waals surface area contributed by atoms with Gasteiger partial charge in [0.25, 0.3) is 0 Å². The molecule has 2 aromatic heterocycles. The van der Waals surface area contributed by atoms with Crippen LogP contribution in [0.5, 0.6) is 0 Å². The van der Waals surface area contributed by atoms with Crippen LogP contribution in [0.3, 0.4) is 0 Å². The zero-order chi connectivity index (χ0) is 14.5. The minimum atomic E-state index is 0.255. The van der Waals surface area contributed by atoms with Crippen LogP contribution in [0, 0.1) is 0 Å². The molecule has 0 aliphatic carbocycles. The number of pyridine rings is 1. The maximum atomic E-state index is 5.79. The summed E-state index contributed by atoms with van der Waals surface area (Å²) in [5, 5.41) is 3.24. The Kier molecular flexibility index (Phi) is 3.73. The number of nitrogens with one attached hydrogen (secondary N) is 1. The molecule has 3 rings (SSSR count). The average Bonchev–Trinajstić information content (AvgIpc) is 2.54. The summed E-state index contributed by atoms with van der Waals surface area (Å²) >= 11 is 0. The van der Waals surface area contributed by atoms with E-state index in [1.807, 2.05) is 54.7 Å². The first kappa shape index (κ1) is 13.1. The van der Waals surface area contributed by atoms with Crippen molar-refractivity contribution in [1.29, 1.82) is 0 Å². The van der Waals surface area contributed by atoms with Crippen LogP contribution in [0.15, 0.2) is 60.9 Å². The van der Waals surface area contributed by atoms with E-state index in [1.54, 1.807) is 6.20 Å². The van der Waals surface area contributed by atoms with Crippen LogP contribution in [0.1, 0.15) is 5.56 Å². The maximum Gasteiger partial charge on any atom is 0.222 e. The molecule has 104 valence electrons. The van der Waals surface area contributed by atoms with E-state index in [0.717, 1.165) is 16.8 Å². The molecule has 0 fully saturated rings. The van der Waals surface area contributed by atoms with E-state index >= 15 is 0 Å². The first-order valence-electron chi connectivity index (χ1n) is 6.64. The second-order valence-corrected chi connectivity index (χ2v) is 4.58. The molecule has 0 amide bonds. The number of benzene rings is 1. The van der Waals surface area contributed by atoms with E-state index in [9.17, 15) is 0 Å². The summed E-state index contributed by atoms with van der Waals surface area (Å²) in [7, 11) is 0. The number of nitrogens with zero attached hydrogens (tertiary/aromatic N) is 3. The number of aromatic nitrogens is 3. The lowest BCUT2D eigenvalue weighted by atomic mass is 10.1. The molecule has 0 bridgehead atoms. The number of hydrogen-bond donors (Lipinski definition) is 2. The van der Waals surface area contributed by atoms with Gasteiger partial charge in [-0.25, -0.2) is 4.98 Å². The van der Waals surface area contributed by atoms with Crippen molar-refractivity contribution in [2.45, 2.75) is 6.54 Å². The third-order valence-electron chi connectivity index (χ3n) is 3.01. The molecule has 0 aliphatic rings. The van der Waals surface area contributed by atoms with Crippen LogP contribution in [-0.2, 0) is 6.54 Å². The second-order valence-electron chi connectivity index (χ2n) is 4.58. The number of nitrogen functional groups attached to an aromatic ring is 1. The summed E-state index contributed by atoms with van der Waals surface area (Å²) < 4.78 is 0. The van der Waals surface area contributed by atoms with Gasteiger partial charge in [0.05, 0.1) is 5.69 Å². The molecular weight excluding hydrogens is 262 g/mol. The second kappa shape index (κ2) is 6.00. The third kappa shape index (κ3) is 3.33. The van der Waals surface area contributed by atoms with Crippen LogP contribution in [0.4, 0.5) is 11.8 Å². The minimum absolute atomic E-state index is 0.255. The fraction of sp³-hybridized carbons (Fsp3) is 0.0625. The normalized spacial score (nSPS) is 10.3. The van der Waals surface area contributed by atoms with Gasteiger partial charge in [0.1, 0.15) is 5.82 Å². The Morgan fingerprint density at radius 3 is 2.62 bits per heavy atom. The van der Waals surface area contributed by atoms with Crippen molar-refractivity contribution in [3.63, 3.8) is 0 Å².